The highest BCUT2D eigenvalue weighted by molar-refractivity contribution is 6.35. The van der Waals surface area contributed by atoms with Gasteiger partial charge in [0, 0.05) is 64.8 Å². The summed E-state index contributed by atoms with van der Waals surface area (Å²) in [5.74, 6) is 5.63. The van der Waals surface area contributed by atoms with Crippen molar-refractivity contribution >= 4 is 64.5 Å². The van der Waals surface area contributed by atoms with Crippen molar-refractivity contribution < 1.29 is 19.2 Å². The van der Waals surface area contributed by atoms with E-state index in [9.17, 15) is 19.2 Å². The molecular weight excluding hydrogens is 649 g/mol. The van der Waals surface area contributed by atoms with Gasteiger partial charge in [0.15, 0.2) is 0 Å². The molecule has 3 aliphatic rings. The first kappa shape index (κ1) is 31.9. The maximum Gasteiger partial charge on any atom is 0.255 e. The first-order chi connectivity index (χ1) is 22.1. The normalized spacial score (nSPS) is 18.5. The molecule has 236 valence electrons. The van der Waals surface area contributed by atoms with Gasteiger partial charge in [-0.05, 0) is 67.7 Å². The Kier molecular flexibility index (Phi) is 9.23. The minimum atomic E-state index is -0.668. The summed E-state index contributed by atoms with van der Waals surface area (Å²) in [5.41, 5.74) is 4.29. The standard InChI is InChI=1S/C34H30Cl3N5O4/c1-20-25(32(37)42(39-20)18-23-7-8-24(35)17-28(23)36)9-12-31(44)40-15-13-21(14-16-40)5-6-22-3-2-4-26-27(22)19-41(34(26)46)29-10-11-30(43)38-33(29)45/h2-4,7-9,12,17,21,29H,10-11,13-16,18-19H2,1H3,(H,38,43,45)/b12-9+. The molecular formula is C34H30Cl3N5O4. The number of rotatable bonds is 5. The fourth-order valence-corrected chi connectivity index (χ4v) is 6.82. The number of halogens is 3. The molecule has 9 nitrogen and oxygen atoms in total. The van der Waals surface area contributed by atoms with Crippen LogP contribution in [0.2, 0.25) is 15.2 Å². The Morgan fingerprint density at radius 1 is 1.09 bits per heavy atom. The van der Waals surface area contributed by atoms with E-state index in [1.807, 2.05) is 19.1 Å². The van der Waals surface area contributed by atoms with E-state index in [2.05, 4.69) is 22.3 Å². The Balaban J connectivity index is 1.06. The number of aryl methyl sites for hydroxylation is 1. The first-order valence-corrected chi connectivity index (χ1v) is 16.1. The maximum absolute atomic E-state index is 13.1. The molecule has 2 saturated heterocycles. The highest BCUT2D eigenvalue weighted by Gasteiger charge is 2.39. The molecule has 0 saturated carbocycles. The van der Waals surface area contributed by atoms with Crippen LogP contribution in [0.5, 0.6) is 0 Å². The van der Waals surface area contributed by atoms with E-state index in [0.717, 1.165) is 29.5 Å². The van der Waals surface area contributed by atoms with Gasteiger partial charge < -0.3 is 9.80 Å². The Morgan fingerprint density at radius 2 is 1.87 bits per heavy atom. The molecule has 2 aromatic carbocycles. The first-order valence-electron chi connectivity index (χ1n) is 15.0. The molecule has 1 unspecified atom stereocenters. The zero-order chi connectivity index (χ0) is 32.5. The van der Waals surface area contributed by atoms with E-state index in [-0.39, 0.29) is 36.6 Å². The highest BCUT2D eigenvalue weighted by atomic mass is 35.5. The molecule has 0 spiro atoms. The lowest BCUT2D eigenvalue weighted by Crippen LogP contribution is -2.52. The molecule has 1 atom stereocenters. The van der Waals surface area contributed by atoms with E-state index < -0.39 is 11.9 Å². The monoisotopic (exact) mass is 677 g/mol. The Bertz CT molecular complexity index is 1850. The second-order valence-corrected chi connectivity index (χ2v) is 12.8. The molecule has 0 bridgehead atoms. The van der Waals surface area contributed by atoms with Gasteiger partial charge in [0.2, 0.25) is 17.7 Å². The maximum atomic E-state index is 13.1. The summed E-state index contributed by atoms with van der Waals surface area (Å²) in [5, 5.41) is 8.34. The van der Waals surface area contributed by atoms with Crippen LogP contribution < -0.4 is 5.32 Å². The van der Waals surface area contributed by atoms with Gasteiger partial charge in [-0.2, -0.15) is 5.10 Å². The van der Waals surface area contributed by atoms with E-state index in [1.165, 1.54) is 11.0 Å². The van der Waals surface area contributed by atoms with Crippen molar-refractivity contribution in [3.8, 4) is 11.8 Å². The molecule has 3 aliphatic heterocycles. The van der Waals surface area contributed by atoms with Crippen molar-refractivity contribution in [2.24, 2.45) is 5.92 Å². The van der Waals surface area contributed by atoms with Crippen LogP contribution in [0.25, 0.3) is 6.08 Å². The van der Waals surface area contributed by atoms with Crippen molar-refractivity contribution in [1.29, 1.82) is 0 Å². The summed E-state index contributed by atoms with van der Waals surface area (Å²) in [6, 6.07) is 10.0. The van der Waals surface area contributed by atoms with Crippen LogP contribution in [-0.2, 0) is 27.5 Å². The summed E-state index contributed by atoms with van der Waals surface area (Å²) in [6.45, 7) is 3.62. The number of hydrogen-bond acceptors (Lipinski definition) is 5. The number of nitrogens with one attached hydrogen (secondary N) is 1. The van der Waals surface area contributed by atoms with Crippen molar-refractivity contribution in [3.63, 3.8) is 0 Å². The average Bonchev–Trinajstić information content (AvgIpc) is 3.50. The van der Waals surface area contributed by atoms with E-state index in [1.54, 1.807) is 39.9 Å². The minimum absolute atomic E-state index is 0.0989. The van der Waals surface area contributed by atoms with Crippen LogP contribution in [-0.4, -0.2) is 62.3 Å². The summed E-state index contributed by atoms with van der Waals surface area (Å²) >= 11 is 19.0. The third kappa shape index (κ3) is 6.57. The summed E-state index contributed by atoms with van der Waals surface area (Å²) in [4.78, 5) is 53.4. The predicted octanol–water partition coefficient (Wildman–Crippen LogP) is 5.26. The van der Waals surface area contributed by atoms with Gasteiger partial charge in [0.05, 0.1) is 12.2 Å². The number of carbonyl (C=O) groups excluding carboxylic acids is 4. The number of fused-ring (bicyclic) bond motifs is 1. The van der Waals surface area contributed by atoms with Crippen molar-refractivity contribution in [3.05, 3.63) is 91.2 Å². The number of amides is 4. The van der Waals surface area contributed by atoms with Gasteiger partial charge in [-0.3, -0.25) is 24.5 Å². The topological polar surface area (TPSA) is 105 Å². The molecule has 3 aromatic rings. The largest absolute Gasteiger partial charge is 0.339 e. The Morgan fingerprint density at radius 3 is 2.61 bits per heavy atom. The molecule has 46 heavy (non-hydrogen) atoms. The summed E-state index contributed by atoms with van der Waals surface area (Å²) in [6.07, 6.45) is 5.20. The lowest BCUT2D eigenvalue weighted by atomic mass is 9.96. The summed E-state index contributed by atoms with van der Waals surface area (Å²) < 4.78 is 1.64. The van der Waals surface area contributed by atoms with E-state index in [0.29, 0.717) is 58.1 Å². The smallest absolute Gasteiger partial charge is 0.255 e. The molecule has 1 N–H and O–H groups in total. The van der Waals surface area contributed by atoms with Crippen molar-refractivity contribution in [1.82, 2.24) is 24.9 Å². The van der Waals surface area contributed by atoms with Crippen LogP contribution in [0.15, 0.2) is 42.5 Å². The molecule has 0 aliphatic carbocycles. The fraction of sp³-hybridized carbons (Fsp3) is 0.324. The van der Waals surface area contributed by atoms with Crippen LogP contribution in [0, 0.1) is 24.7 Å². The molecule has 4 amide bonds. The van der Waals surface area contributed by atoms with Crippen LogP contribution in [0.3, 0.4) is 0 Å². The van der Waals surface area contributed by atoms with Crippen LogP contribution in [0.1, 0.15) is 64.0 Å². The molecule has 2 fully saturated rings. The number of piperidine rings is 2. The zero-order valence-electron chi connectivity index (χ0n) is 25.0. The SMILES string of the molecule is Cc1nn(Cc2ccc(Cl)cc2Cl)c(Cl)c1/C=C/C(=O)N1CCC(C#Cc2cccc3c2CN(C2CCC(=O)NC2=O)C3=O)CC1. The second kappa shape index (κ2) is 13.3. The number of nitrogens with zero attached hydrogens (tertiary/aromatic N) is 4. The predicted molar refractivity (Wildman–Crippen MR) is 175 cm³/mol. The van der Waals surface area contributed by atoms with Gasteiger partial charge in [0.1, 0.15) is 11.2 Å². The quantitative estimate of drug-likeness (QED) is 0.225. The molecule has 4 heterocycles. The van der Waals surface area contributed by atoms with Gasteiger partial charge >= 0.3 is 0 Å². The highest BCUT2D eigenvalue weighted by Crippen LogP contribution is 2.30. The number of likely N-dealkylation sites (tertiary alicyclic amines) is 1. The molecule has 6 rings (SSSR count). The van der Waals surface area contributed by atoms with Gasteiger partial charge in [-0.1, -0.05) is 58.8 Å². The lowest BCUT2D eigenvalue weighted by molar-refractivity contribution is -0.137. The molecule has 1 aromatic heterocycles. The molecule has 0 radical (unpaired) electrons. The zero-order valence-corrected chi connectivity index (χ0v) is 27.3. The van der Waals surface area contributed by atoms with E-state index in [4.69, 9.17) is 34.8 Å². The van der Waals surface area contributed by atoms with Gasteiger partial charge in [-0.25, -0.2) is 4.68 Å². The molecule has 12 heteroatoms. The lowest BCUT2D eigenvalue weighted by Gasteiger charge is -2.29. The second-order valence-electron chi connectivity index (χ2n) is 11.6. The van der Waals surface area contributed by atoms with Gasteiger partial charge in [-0.15, -0.1) is 0 Å². The third-order valence-electron chi connectivity index (χ3n) is 8.64. The third-order valence-corrected chi connectivity index (χ3v) is 9.62. The number of imide groups is 1. The van der Waals surface area contributed by atoms with E-state index >= 15 is 0 Å². The van der Waals surface area contributed by atoms with Crippen molar-refractivity contribution in [2.45, 2.75) is 51.7 Å². The fourth-order valence-electron chi connectivity index (χ4n) is 6.06. The summed E-state index contributed by atoms with van der Waals surface area (Å²) in [7, 11) is 0. The van der Waals surface area contributed by atoms with Crippen LogP contribution in [0.4, 0.5) is 0 Å². The van der Waals surface area contributed by atoms with Crippen LogP contribution >= 0.6 is 34.8 Å². The minimum Gasteiger partial charge on any atom is -0.339 e. The number of hydrogen-bond donors (Lipinski definition) is 1. The Hall–Kier alpha value is -4.10. The van der Waals surface area contributed by atoms with Crippen molar-refractivity contribution in [2.75, 3.05) is 13.1 Å². The number of carbonyl (C=O) groups is 4. The van der Waals surface area contributed by atoms with Gasteiger partial charge in [0.25, 0.3) is 5.91 Å². The average molecular weight is 679 g/mol. The number of benzene rings is 2. The number of aromatic nitrogens is 2. The Labute approximate surface area is 281 Å².